The number of nitrogens with zero attached hydrogens (tertiary/aromatic N) is 2. The van der Waals surface area contributed by atoms with Crippen LogP contribution < -0.4 is 0 Å². The van der Waals surface area contributed by atoms with E-state index < -0.39 is 0 Å². The maximum Gasteiger partial charge on any atom is 0.111 e. The molecule has 0 saturated carbocycles. The summed E-state index contributed by atoms with van der Waals surface area (Å²) in [4.78, 5) is 5.94. The molecule has 0 atom stereocenters. The number of thiophene rings is 1. The molecule has 20 heavy (non-hydrogen) atoms. The minimum absolute atomic E-state index is 0.577. The Kier molecular flexibility index (Phi) is 4.01. The van der Waals surface area contributed by atoms with Crippen LogP contribution in [0.1, 0.15) is 16.3 Å². The Morgan fingerprint density at radius 1 is 1.25 bits per heavy atom. The maximum absolute atomic E-state index is 6.01. The highest BCUT2D eigenvalue weighted by atomic mass is 35.5. The highest BCUT2D eigenvalue weighted by Gasteiger charge is 2.11. The molecule has 0 saturated heterocycles. The molecule has 1 aromatic carbocycles. The van der Waals surface area contributed by atoms with Gasteiger partial charge in [-0.3, -0.25) is 0 Å². The van der Waals surface area contributed by atoms with E-state index in [1.807, 2.05) is 6.07 Å². The topological polar surface area (TPSA) is 17.8 Å². The van der Waals surface area contributed by atoms with Crippen LogP contribution in [0.3, 0.4) is 0 Å². The second kappa shape index (κ2) is 5.76. The molecule has 3 aromatic rings. The van der Waals surface area contributed by atoms with Gasteiger partial charge in [0.15, 0.2) is 0 Å². The highest BCUT2D eigenvalue weighted by Crippen LogP contribution is 2.25. The standard InChI is InChI=1S/C15H14Cl2N2S/c1-10-2-4-13-12(8-10)18-15(6-7-16)19(13)9-11-3-5-14(17)20-11/h2-5,8H,6-7,9H2,1H3. The lowest BCUT2D eigenvalue weighted by molar-refractivity contribution is 0.763. The number of hydrogen-bond acceptors (Lipinski definition) is 2. The zero-order chi connectivity index (χ0) is 14.1. The molecule has 0 fully saturated rings. The largest absolute Gasteiger partial charge is 0.323 e. The van der Waals surface area contributed by atoms with Crippen LogP contribution in [0.4, 0.5) is 0 Å². The summed E-state index contributed by atoms with van der Waals surface area (Å²) in [5.74, 6) is 1.61. The first kappa shape index (κ1) is 13.9. The summed E-state index contributed by atoms with van der Waals surface area (Å²) >= 11 is 13.5. The van der Waals surface area contributed by atoms with Crippen molar-refractivity contribution in [1.29, 1.82) is 0 Å². The van der Waals surface area contributed by atoms with Gasteiger partial charge in [-0.25, -0.2) is 4.98 Å². The van der Waals surface area contributed by atoms with Gasteiger partial charge in [-0.15, -0.1) is 22.9 Å². The first-order valence-electron chi connectivity index (χ1n) is 6.43. The molecule has 0 spiro atoms. The van der Waals surface area contributed by atoms with Gasteiger partial charge in [-0.05, 0) is 36.8 Å². The zero-order valence-corrected chi connectivity index (χ0v) is 13.4. The summed E-state index contributed by atoms with van der Waals surface area (Å²) in [6, 6.07) is 10.4. The van der Waals surface area contributed by atoms with Crippen LogP contribution in [0, 0.1) is 6.92 Å². The van der Waals surface area contributed by atoms with Crippen molar-refractivity contribution in [2.75, 3.05) is 5.88 Å². The van der Waals surface area contributed by atoms with Crippen molar-refractivity contribution < 1.29 is 0 Å². The van der Waals surface area contributed by atoms with Crippen LogP contribution in [0.5, 0.6) is 0 Å². The second-order valence-corrected chi connectivity index (χ2v) is 6.93. The summed E-state index contributed by atoms with van der Waals surface area (Å²) < 4.78 is 3.05. The Bertz CT molecular complexity index is 745. The Balaban J connectivity index is 2.08. The van der Waals surface area contributed by atoms with Crippen molar-refractivity contribution >= 4 is 45.6 Å². The van der Waals surface area contributed by atoms with Crippen LogP contribution in [0.25, 0.3) is 11.0 Å². The SMILES string of the molecule is Cc1ccc2c(c1)nc(CCCl)n2Cc1ccc(Cl)s1. The number of aromatic nitrogens is 2. The minimum Gasteiger partial charge on any atom is -0.323 e. The first-order chi connectivity index (χ1) is 9.67. The van der Waals surface area contributed by atoms with Crippen molar-refractivity contribution in [2.45, 2.75) is 19.9 Å². The molecule has 2 nitrogen and oxygen atoms in total. The van der Waals surface area contributed by atoms with Crippen molar-refractivity contribution in [3.05, 3.63) is 50.9 Å². The summed E-state index contributed by atoms with van der Waals surface area (Å²) in [7, 11) is 0. The molecule has 2 aromatic heterocycles. The molecular formula is C15H14Cl2N2S. The van der Waals surface area contributed by atoms with Gasteiger partial charge in [0.1, 0.15) is 5.82 Å². The Morgan fingerprint density at radius 2 is 2.10 bits per heavy atom. The molecule has 0 N–H and O–H groups in total. The van der Waals surface area contributed by atoms with Crippen LogP contribution in [-0.2, 0) is 13.0 Å². The Hall–Kier alpha value is -1.03. The van der Waals surface area contributed by atoms with Crippen LogP contribution >= 0.6 is 34.5 Å². The van der Waals surface area contributed by atoms with Gasteiger partial charge in [0.05, 0.1) is 21.9 Å². The predicted molar refractivity (Wildman–Crippen MR) is 87.3 cm³/mol. The summed E-state index contributed by atoms with van der Waals surface area (Å²) in [6.07, 6.45) is 0.772. The molecule has 0 amide bonds. The van der Waals surface area contributed by atoms with E-state index >= 15 is 0 Å². The quantitative estimate of drug-likeness (QED) is 0.625. The monoisotopic (exact) mass is 324 g/mol. The van der Waals surface area contributed by atoms with Gasteiger partial charge >= 0.3 is 0 Å². The molecule has 0 unspecified atom stereocenters. The number of aryl methyl sites for hydroxylation is 2. The Labute approximate surface area is 132 Å². The van der Waals surface area contributed by atoms with E-state index in [-0.39, 0.29) is 0 Å². The minimum atomic E-state index is 0.577. The maximum atomic E-state index is 6.01. The Morgan fingerprint density at radius 3 is 2.80 bits per heavy atom. The van der Waals surface area contributed by atoms with E-state index in [2.05, 4.69) is 35.8 Å². The number of imidazole rings is 1. The van der Waals surface area contributed by atoms with E-state index in [0.29, 0.717) is 5.88 Å². The molecule has 0 aliphatic heterocycles. The number of benzene rings is 1. The molecule has 3 rings (SSSR count). The van der Waals surface area contributed by atoms with Crippen LogP contribution in [-0.4, -0.2) is 15.4 Å². The molecule has 0 aliphatic carbocycles. The van der Waals surface area contributed by atoms with Crippen LogP contribution in [0.2, 0.25) is 4.34 Å². The summed E-state index contributed by atoms with van der Waals surface area (Å²) in [6.45, 7) is 2.88. The van der Waals surface area contributed by atoms with E-state index in [9.17, 15) is 0 Å². The van der Waals surface area contributed by atoms with Crippen molar-refractivity contribution in [3.8, 4) is 0 Å². The lowest BCUT2D eigenvalue weighted by Gasteiger charge is -2.07. The van der Waals surface area contributed by atoms with Gasteiger partial charge in [-0.2, -0.15) is 0 Å². The molecule has 2 heterocycles. The van der Waals surface area contributed by atoms with Gasteiger partial charge in [0.2, 0.25) is 0 Å². The molecule has 5 heteroatoms. The summed E-state index contributed by atoms with van der Waals surface area (Å²) in [5.41, 5.74) is 3.41. The van der Waals surface area contributed by atoms with Gasteiger partial charge < -0.3 is 4.57 Å². The van der Waals surface area contributed by atoms with Crippen molar-refractivity contribution in [2.24, 2.45) is 0 Å². The zero-order valence-electron chi connectivity index (χ0n) is 11.1. The average Bonchev–Trinajstić information content (AvgIpc) is 2.95. The third-order valence-corrected chi connectivity index (χ3v) is 4.65. The first-order valence-corrected chi connectivity index (χ1v) is 8.16. The van der Waals surface area contributed by atoms with E-state index in [0.717, 1.165) is 34.2 Å². The third-order valence-electron chi connectivity index (χ3n) is 3.24. The molecule has 0 aliphatic rings. The number of hydrogen-bond donors (Lipinski definition) is 0. The molecule has 104 valence electrons. The fourth-order valence-electron chi connectivity index (χ4n) is 2.33. The lowest BCUT2D eigenvalue weighted by Crippen LogP contribution is -2.04. The third kappa shape index (κ3) is 2.71. The van der Waals surface area contributed by atoms with Crippen molar-refractivity contribution in [3.63, 3.8) is 0 Å². The molecular weight excluding hydrogens is 311 g/mol. The fraction of sp³-hybridized carbons (Fsp3) is 0.267. The summed E-state index contributed by atoms with van der Waals surface area (Å²) in [5, 5.41) is 0. The highest BCUT2D eigenvalue weighted by molar-refractivity contribution is 7.16. The van der Waals surface area contributed by atoms with E-state index in [1.165, 1.54) is 10.4 Å². The van der Waals surface area contributed by atoms with Gasteiger partial charge in [0.25, 0.3) is 0 Å². The van der Waals surface area contributed by atoms with Gasteiger partial charge in [0, 0.05) is 17.2 Å². The molecule has 0 bridgehead atoms. The number of fused-ring (bicyclic) bond motifs is 1. The average molecular weight is 325 g/mol. The number of alkyl halides is 1. The van der Waals surface area contributed by atoms with Crippen LogP contribution in [0.15, 0.2) is 30.3 Å². The van der Waals surface area contributed by atoms with E-state index in [1.54, 1.807) is 11.3 Å². The number of rotatable bonds is 4. The predicted octanol–water partition coefficient (Wildman–Crippen LogP) is 4.89. The lowest BCUT2D eigenvalue weighted by atomic mass is 10.2. The smallest absolute Gasteiger partial charge is 0.111 e. The van der Waals surface area contributed by atoms with E-state index in [4.69, 9.17) is 28.2 Å². The molecule has 0 radical (unpaired) electrons. The van der Waals surface area contributed by atoms with Gasteiger partial charge in [-0.1, -0.05) is 17.7 Å². The number of halogens is 2. The second-order valence-electron chi connectivity index (χ2n) is 4.75. The fourth-order valence-corrected chi connectivity index (χ4v) is 3.58. The van der Waals surface area contributed by atoms with Crippen molar-refractivity contribution in [1.82, 2.24) is 9.55 Å². The normalized spacial score (nSPS) is 11.3.